The number of carbonyl (C=O) groups is 1. The van der Waals surface area contributed by atoms with Crippen molar-refractivity contribution in [1.29, 1.82) is 0 Å². The molecule has 0 aliphatic carbocycles. The Morgan fingerprint density at radius 3 is 2.79 bits per heavy atom. The van der Waals surface area contributed by atoms with Crippen LogP contribution in [0.3, 0.4) is 0 Å². The van der Waals surface area contributed by atoms with Gasteiger partial charge in [-0.2, -0.15) is 0 Å². The van der Waals surface area contributed by atoms with Gasteiger partial charge < -0.3 is 16.2 Å². The molecule has 1 heterocycles. The normalized spacial score (nSPS) is 24.5. The molecule has 82 valence electrons. The molecule has 1 aliphatic heterocycles. The molecule has 0 aromatic rings. The molecule has 0 saturated carbocycles. The standard InChI is InChI=1S/C9H19N3O2/c1-9(2)6-14-4-3-12(9)5-7(10)8(11)13/h7H,3-6,10H2,1-2H3,(H2,11,13). The highest BCUT2D eigenvalue weighted by Crippen LogP contribution is 2.18. The minimum atomic E-state index is -0.590. The largest absolute Gasteiger partial charge is 0.378 e. The summed E-state index contributed by atoms with van der Waals surface area (Å²) in [7, 11) is 0. The third-order valence-electron chi connectivity index (χ3n) is 2.60. The lowest BCUT2D eigenvalue weighted by Gasteiger charge is -2.42. The van der Waals surface area contributed by atoms with Gasteiger partial charge in [-0.15, -0.1) is 0 Å². The van der Waals surface area contributed by atoms with Gasteiger partial charge in [-0.05, 0) is 13.8 Å². The van der Waals surface area contributed by atoms with Gasteiger partial charge >= 0.3 is 0 Å². The predicted octanol–water partition coefficient (Wildman–Crippen LogP) is -1.09. The van der Waals surface area contributed by atoms with Crippen LogP contribution >= 0.6 is 0 Å². The van der Waals surface area contributed by atoms with E-state index in [-0.39, 0.29) is 5.54 Å². The molecule has 5 heteroatoms. The Morgan fingerprint density at radius 2 is 2.29 bits per heavy atom. The second-order valence-electron chi connectivity index (χ2n) is 4.32. The third kappa shape index (κ3) is 2.67. The number of hydrogen-bond acceptors (Lipinski definition) is 4. The van der Waals surface area contributed by atoms with Crippen molar-refractivity contribution < 1.29 is 9.53 Å². The molecule has 1 unspecified atom stereocenters. The lowest BCUT2D eigenvalue weighted by molar-refractivity contribution is -0.121. The predicted molar refractivity (Wildman–Crippen MR) is 53.6 cm³/mol. The molecule has 1 atom stereocenters. The summed E-state index contributed by atoms with van der Waals surface area (Å²) in [5.74, 6) is -0.452. The summed E-state index contributed by atoms with van der Waals surface area (Å²) >= 11 is 0. The second kappa shape index (κ2) is 4.25. The number of ether oxygens (including phenoxy) is 1. The zero-order chi connectivity index (χ0) is 10.8. The average molecular weight is 201 g/mol. The Bertz CT molecular complexity index is 218. The number of amides is 1. The first kappa shape index (κ1) is 11.4. The van der Waals surface area contributed by atoms with Crippen molar-refractivity contribution in [2.45, 2.75) is 25.4 Å². The molecule has 0 aromatic heterocycles. The molecule has 1 saturated heterocycles. The van der Waals surface area contributed by atoms with Crippen molar-refractivity contribution in [3.8, 4) is 0 Å². The molecule has 1 rings (SSSR count). The quantitative estimate of drug-likeness (QED) is 0.608. The van der Waals surface area contributed by atoms with Crippen LogP contribution in [0.4, 0.5) is 0 Å². The number of carbonyl (C=O) groups excluding carboxylic acids is 1. The molecule has 1 fully saturated rings. The molecule has 0 radical (unpaired) electrons. The second-order valence-corrected chi connectivity index (χ2v) is 4.32. The van der Waals surface area contributed by atoms with Gasteiger partial charge in [-0.1, -0.05) is 0 Å². The van der Waals surface area contributed by atoms with E-state index in [0.717, 1.165) is 6.54 Å². The highest BCUT2D eigenvalue weighted by atomic mass is 16.5. The van der Waals surface area contributed by atoms with Crippen LogP contribution in [0.1, 0.15) is 13.8 Å². The van der Waals surface area contributed by atoms with Gasteiger partial charge in [0.05, 0.1) is 19.3 Å². The van der Waals surface area contributed by atoms with Crippen LogP contribution in [-0.4, -0.2) is 48.7 Å². The van der Waals surface area contributed by atoms with Crippen molar-refractivity contribution in [2.75, 3.05) is 26.3 Å². The molecule has 5 nitrogen and oxygen atoms in total. The fourth-order valence-corrected chi connectivity index (χ4v) is 1.56. The van der Waals surface area contributed by atoms with Gasteiger partial charge in [0.25, 0.3) is 0 Å². The van der Waals surface area contributed by atoms with Gasteiger partial charge in [0.1, 0.15) is 0 Å². The first-order chi connectivity index (χ1) is 6.43. The molecule has 14 heavy (non-hydrogen) atoms. The third-order valence-corrected chi connectivity index (χ3v) is 2.60. The fourth-order valence-electron chi connectivity index (χ4n) is 1.56. The van der Waals surface area contributed by atoms with Crippen molar-refractivity contribution >= 4 is 5.91 Å². The number of nitrogens with zero attached hydrogens (tertiary/aromatic N) is 1. The molecular formula is C9H19N3O2. The summed E-state index contributed by atoms with van der Waals surface area (Å²) < 4.78 is 5.36. The van der Waals surface area contributed by atoms with Crippen molar-refractivity contribution in [1.82, 2.24) is 4.90 Å². The van der Waals surface area contributed by atoms with E-state index in [0.29, 0.717) is 19.8 Å². The van der Waals surface area contributed by atoms with Crippen molar-refractivity contribution in [2.24, 2.45) is 11.5 Å². The molecule has 0 bridgehead atoms. The Labute approximate surface area is 84.4 Å². The summed E-state index contributed by atoms with van der Waals surface area (Å²) in [5.41, 5.74) is 10.7. The van der Waals surface area contributed by atoms with E-state index in [2.05, 4.69) is 18.7 Å². The van der Waals surface area contributed by atoms with Crippen LogP contribution in [0.15, 0.2) is 0 Å². The minimum absolute atomic E-state index is 0.0642. The first-order valence-corrected chi connectivity index (χ1v) is 4.81. The number of rotatable bonds is 3. The first-order valence-electron chi connectivity index (χ1n) is 4.81. The Morgan fingerprint density at radius 1 is 1.64 bits per heavy atom. The van der Waals surface area contributed by atoms with Gasteiger partial charge in [-0.25, -0.2) is 0 Å². The highest BCUT2D eigenvalue weighted by Gasteiger charge is 2.32. The molecule has 4 N–H and O–H groups in total. The monoisotopic (exact) mass is 201 g/mol. The van der Waals surface area contributed by atoms with E-state index in [4.69, 9.17) is 16.2 Å². The van der Waals surface area contributed by atoms with Crippen LogP contribution in [0.5, 0.6) is 0 Å². The van der Waals surface area contributed by atoms with E-state index in [1.807, 2.05) is 0 Å². The summed E-state index contributed by atoms with van der Waals surface area (Å²) in [6.07, 6.45) is 0. The van der Waals surface area contributed by atoms with Crippen LogP contribution < -0.4 is 11.5 Å². The van der Waals surface area contributed by atoms with Gasteiger partial charge in [0, 0.05) is 18.6 Å². The topological polar surface area (TPSA) is 81.6 Å². The van der Waals surface area contributed by atoms with E-state index in [1.54, 1.807) is 0 Å². The van der Waals surface area contributed by atoms with Crippen LogP contribution in [-0.2, 0) is 9.53 Å². The molecule has 1 amide bonds. The smallest absolute Gasteiger partial charge is 0.235 e. The maximum Gasteiger partial charge on any atom is 0.235 e. The number of primary amides is 1. The summed E-state index contributed by atoms with van der Waals surface area (Å²) in [4.78, 5) is 13.0. The maximum absolute atomic E-state index is 10.8. The van der Waals surface area contributed by atoms with E-state index < -0.39 is 11.9 Å². The molecule has 0 aromatic carbocycles. The number of hydrogen-bond donors (Lipinski definition) is 2. The molecule has 1 aliphatic rings. The van der Waals surface area contributed by atoms with E-state index in [9.17, 15) is 4.79 Å². The van der Waals surface area contributed by atoms with Gasteiger partial charge in [-0.3, -0.25) is 9.69 Å². The zero-order valence-electron chi connectivity index (χ0n) is 8.82. The Hall–Kier alpha value is -0.650. The highest BCUT2D eigenvalue weighted by molar-refractivity contribution is 5.79. The minimum Gasteiger partial charge on any atom is -0.378 e. The lowest BCUT2D eigenvalue weighted by atomic mass is 10.0. The zero-order valence-corrected chi connectivity index (χ0v) is 8.82. The van der Waals surface area contributed by atoms with E-state index in [1.165, 1.54) is 0 Å². The van der Waals surface area contributed by atoms with Crippen LogP contribution in [0.25, 0.3) is 0 Å². The van der Waals surface area contributed by atoms with Crippen molar-refractivity contribution in [3.05, 3.63) is 0 Å². The van der Waals surface area contributed by atoms with E-state index >= 15 is 0 Å². The number of morpholine rings is 1. The molecule has 0 spiro atoms. The Kier molecular flexibility index (Phi) is 3.47. The SMILES string of the molecule is CC1(C)COCCN1CC(N)C(N)=O. The van der Waals surface area contributed by atoms with Crippen LogP contribution in [0.2, 0.25) is 0 Å². The maximum atomic E-state index is 10.8. The van der Waals surface area contributed by atoms with Crippen LogP contribution in [0, 0.1) is 0 Å². The number of nitrogens with two attached hydrogens (primary N) is 2. The average Bonchev–Trinajstić information content (AvgIpc) is 2.08. The fraction of sp³-hybridized carbons (Fsp3) is 0.889. The van der Waals surface area contributed by atoms with Gasteiger partial charge in [0.2, 0.25) is 5.91 Å². The van der Waals surface area contributed by atoms with Gasteiger partial charge in [0.15, 0.2) is 0 Å². The summed E-state index contributed by atoms with van der Waals surface area (Å²) in [5, 5.41) is 0. The Balaban J connectivity index is 2.53. The summed E-state index contributed by atoms with van der Waals surface area (Å²) in [6, 6.07) is -0.590. The summed E-state index contributed by atoms with van der Waals surface area (Å²) in [6.45, 7) is 6.80. The lowest BCUT2D eigenvalue weighted by Crippen LogP contribution is -2.58. The van der Waals surface area contributed by atoms with Crippen molar-refractivity contribution in [3.63, 3.8) is 0 Å². The molecular weight excluding hydrogens is 182 g/mol.